The lowest BCUT2D eigenvalue weighted by Crippen LogP contribution is -2.65. The highest BCUT2D eigenvalue weighted by atomic mass is 16.3. The molecule has 0 radical (unpaired) electrons. The van der Waals surface area contributed by atoms with Crippen molar-refractivity contribution in [1.82, 2.24) is 10.7 Å². The lowest BCUT2D eigenvalue weighted by molar-refractivity contribution is -0.223. The molecule has 0 aromatic rings. The van der Waals surface area contributed by atoms with Crippen molar-refractivity contribution in [3.05, 3.63) is 0 Å². The number of hydrogen-bond acceptors (Lipinski definition) is 7. The fourth-order valence-electron chi connectivity index (χ4n) is 8.27. The third-order valence-corrected chi connectivity index (χ3v) is 10.4. The maximum atomic E-state index is 12.2. The molecule has 5 aliphatic rings. The van der Waals surface area contributed by atoms with Crippen LogP contribution >= 0.6 is 0 Å². The summed E-state index contributed by atoms with van der Waals surface area (Å²) in [5.74, 6) is 1.89. The van der Waals surface area contributed by atoms with Crippen LogP contribution in [0, 0.1) is 28.6 Å². The number of aliphatic hydroxyl groups excluding tert-OH is 1. The molecule has 1 aliphatic heterocycles. The van der Waals surface area contributed by atoms with E-state index in [4.69, 9.17) is 0 Å². The molecule has 5 N–H and O–H groups in total. The van der Waals surface area contributed by atoms with E-state index in [0.29, 0.717) is 30.6 Å². The number of hydrazone groups is 1. The number of nitrogens with one attached hydrogen (secondary N) is 2. The molecule has 7 heteroatoms. The Morgan fingerprint density at radius 2 is 1.90 bits per heavy atom. The van der Waals surface area contributed by atoms with Gasteiger partial charge in [0.1, 0.15) is 5.60 Å². The lowest BCUT2D eigenvalue weighted by atomic mass is 9.43. The number of aliphatic imine (C=N–C) groups is 1. The summed E-state index contributed by atoms with van der Waals surface area (Å²) in [5, 5.41) is 41.7. The van der Waals surface area contributed by atoms with Crippen LogP contribution in [0.25, 0.3) is 0 Å². The minimum absolute atomic E-state index is 0.157. The van der Waals surface area contributed by atoms with Crippen LogP contribution in [-0.2, 0) is 0 Å². The molecule has 0 saturated heterocycles. The Morgan fingerprint density at radius 1 is 1.06 bits per heavy atom. The van der Waals surface area contributed by atoms with Crippen LogP contribution in [-0.4, -0.2) is 57.9 Å². The van der Waals surface area contributed by atoms with Gasteiger partial charge in [-0.3, -0.25) is 4.99 Å². The van der Waals surface area contributed by atoms with Crippen molar-refractivity contribution < 1.29 is 15.3 Å². The van der Waals surface area contributed by atoms with Gasteiger partial charge in [0, 0.05) is 18.5 Å². The summed E-state index contributed by atoms with van der Waals surface area (Å²) in [5.41, 5.74) is 0.532. The van der Waals surface area contributed by atoms with Crippen LogP contribution < -0.4 is 10.7 Å². The largest absolute Gasteiger partial charge is 0.393 e. The van der Waals surface area contributed by atoms with E-state index in [2.05, 4.69) is 34.7 Å². The first-order chi connectivity index (χ1) is 14.7. The molecule has 0 amide bonds. The van der Waals surface area contributed by atoms with Gasteiger partial charge in [0.2, 0.25) is 5.96 Å². The Morgan fingerprint density at radius 3 is 2.68 bits per heavy atom. The second-order valence-corrected chi connectivity index (χ2v) is 11.5. The van der Waals surface area contributed by atoms with Crippen LogP contribution in [0.3, 0.4) is 0 Å². The predicted octanol–water partition coefficient (Wildman–Crippen LogP) is 2.16. The van der Waals surface area contributed by atoms with Crippen molar-refractivity contribution in [3.63, 3.8) is 0 Å². The van der Waals surface area contributed by atoms with Crippen LogP contribution in [0.15, 0.2) is 10.1 Å². The Hall–Kier alpha value is -1.18. The summed E-state index contributed by atoms with van der Waals surface area (Å²) in [6, 6.07) is 0. The van der Waals surface area contributed by atoms with Gasteiger partial charge < -0.3 is 20.6 Å². The Bertz CT molecular complexity index is 774. The van der Waals surface area contributed by atoms with Gasteiger partial charge in [0.05, 0.1) is 17.9 Å². The van der Waals surface area contributed by atoms with Gasteiger partial charge in [-0.25, -0.2) is 5.43 Å². The normalized spacial score (nSPS) is 52.0. The number of hydrogen-bond donors (Lipinski definition) is 5. The smallest absolute Gasteiger partial charge is 0.212 e. The average Bonchev–Trinajstić information content (AvgIpc) is 2.97. The van der Waals surface area contributed by atoms with E-state index < -0.39 is 16.6 Å². The van der Waals surface area contributed by atoms with E-state index in [1.807, 2.05) is 0 Å². The number of guanidine groups is 1. The SMILES string of the molecule is C[C@]12CC[C@H](O)C[C@H]1CC[C@@H]1[C@@H]2CC[C@]2(C)[C@@](O)(/C=N/NC3=NCCCN3)CC[C@]12O. The first kappa shape index (κ1) is 21.7. The first-order valence-electron chi connectivity index (χ1n) is 12.4. The standard InChI is InChI=1S/C24H40N4O3/c1-21-8-6-17(29)14-16(21)4-5-19-18(21)7-9-22(2)23(30,10-11-24(19,22)31)15-27-28-20-25-12-3-13-26-20/h15-19,29-31H,3-14H2,1-2H3,(H2,25,26,28)/b27-15+/t16-,17+,18+,19-,21+,22-,23+,24+/m1/s1. The minimum atomic E-state index is -1.13. The first-order valence-corrected chi connectivity index (χ1v) is 12.4. The van der Waals surface area contributed by atoms with Gasteiger partial charge in [-0.05, 0) is 87.4 Å². The Balaban J connectivity index is 1.38. The molecule has 5 rings (SSSR count). The highest BCUT2D eigenvalue weighted by Crippen LogP contribution is 2.69. The fraction of sp³-hybridized carbons (Fsp3) is 0.917. The molecule has 7 nitrogen and oxygen atoms in total. The predicted molar refractivity (Wildman–Crippen MR) is 121 cm³/mol. The Kier molecular flexibility index (Phi) is 5.18. The van der Waals surface area contributed by atoms with E-state index in [9.17, 15) is 15.3 Å². The zero-order chi connectivity index (χ0) is 21.9. The third-order valence-electron chi connectivity index (χ3n) is 10.4. The minimum Gasteiger partial charge on any atom is -0.393 e. The van der Waals surface area contributed by atoms with E-state index in [1.54, 1.807) is 6.21 Å². The second-order valence-electron chi connectivity index (χ2n) is 11.5. The highest BCUT2D eigenvalue weighted by molar-refractivity contribution is 5.81. The maximum Gasteiger partial charge on any atom is 0.212 e. The number of nitrogens with zero attached hydrogens (tertiary/aromatic N) is 2. The second kappa shape index (κ2) is 7.42. The molecule has 31 heavy (non-hydrogen) atoms. The molecule has 1 heterocycles. The van der Waals surface area contributed by atoms with E-state index in [1.165, 1.54) is 0 Å². The monoisotopic (exact) mass is 432 g/mol. The van der Waals surface area contributed by atoms with Gasteiger partial charge in [0.25, 0.3) is 0 Å². The van der Waals surface area contributed by atoms with Crippen LogP contribution in [0.5, 0.6) is 0 Å². The van der Waals surface area contributed by atoms with Crippen molar-refractivity contribution in [2.24, 2.45) is 38.7 Å². The molecule has 4 saturated carbocycles. The van der Waals surface area contributed by atoms with Crippen molar-refractivity contribution in [1.29, 1.82) is 0 Å². The van der Waals surface area contributed by atoms with Crippen LogP contribution in [0.1, 0.15) is 78.1 Å². The highest BCUT2D eigenvalue weighted by Gasteiger charge is 2.71. The van der Waals surface area contributed by atoms with Crippen LogP contribution in [0.4, 0.5) is 0 Å². The van der Waals surface area contributed by atoms with Gasteiger partial charge in [0.15, 0.2) is 0 Å². The molecule has 4 fully saturated rings. The third kappa shape index (κ3) is 3.10. The number of rotatable bonds is 2. The summed E-state index contributed by atoms with van der Waals surface area (Å²) >= 11 is 0. The van der Waals surface area contributed by atoms with E-state index in [0.717, 1.165) is 64.5 Å². The lowest BCUT2D eigenvalue weighted by Gasteiger charge is -2.64. The van der Waals surface area contributed by atoms with Crippen molar-refractivity contribution in [3.8, 4) is 0 Å². The summed E-state index contributed by atoms with van der Waals surface area (Å²) in [6.45, 7) is 6.16. The van der Waals surface area contributed by atoms with Crippen LogP contribution in [0.2, 0.25) is 0 Å². The molecular weight excluding hydrogens is 392 g/mol. The quantitative estimate of drug-likeness (QED) is 0.339. The van der Waals surface area contributed by atoms with E-state index >= 15 is 0 Å². The van der Waals surface area contributed by atoms with Crippen molar-refractivity contribution in [2.75, 3.05) is 13.1 Å². The van der Waals surface area contributed by atoms with Crippen molar-refractivity contribution in [2.45, 2.75) is 95.4 Å². The molecule has 4 aliphatic carbocycles. The fourth-order valence-corrected chi connectivity index (χ4v) is 8.27. The summed E-state index contributed by atoms with van der Waals surface area (Å²) < 4.78 is 0. The summed E-state index contributed by atoms with van der Waals surface area (Å²) in [7, 11) is 0. The molecule has 8 atom stereocenters. The number of aliphatic hydroxyl groups is 3. The van der Waals surface area contributed by atoms with Gasteiger partial charge >= 0.3 is 0 Å². The molecular formula is C24H40N4O3. The molecule has 0 aromatic carbocycles. The summed E-state index contributed by atoms with van der Waals surface area (Å²) in [6.07, 6.45) is 10.4. The maximum absolute atomic E-state index is 12.2. The topological polar surface area (TPSA) is 109 Å². The van der Waals surface area contributed by atoms with Gasteiger partial charge in [-0.2, -0.15) is 5.10 Å². The molecule has 174 valence electrons. The van der Waals surface area contributed by atoms with Gasteiger partial charge in [-0.15, -0.1) is 0 Å². The zero-order valence-electron chi connectivity index (χ0n) is 19.1. The molecule has 0 aromatic heterocycles. The summed E-state index contributed by atoms with van der Waals surface area (Å²) in [4.78, 5) is 4.37. The zero-order valence-corrected chi connectivity index (χ0v) is 19.1. The number of fused-ring (bicyclic) bond motifs is 5. The molecule has 0 unspecified atom stereocenters. The van der Waals surface area contributed by atoms with E-state index in [-0.39, 0.29) is 17.4 Å². The average molecular weight is 433 g/mol. The molecule has 0 spiro atoms. The Labute approximate surface area is 185 Å². The van der Waals surface area contributed by atoms with Crippen molar-refractivity contribution >= 4 is 12.2 Å². The van der Waals surface area contributed by atoms with Gasteiger partial charge in [-0.1, -0.05) is 13.8 Å². The molecule has 0 bridgehead atoms.